The van der Waals surface area contributed by atoms with E-state index in [1.54, 1.807) is 0 Å². The van der Waals surface area contributed by atoms with E-state index in [0.29, 0.717) is 5.41 Å². The third-order valence-corrected chi connectivity index (χ3v) is 4.66. The van der Waals surface area contributed by atoms with Crippen LogP contribution in [0.15, 0.2) is 0 Å². The maximum Gasteiger partial charge on any atom is 0.237 e. The number of nitrogens with one attached hydrogen (secondary N) is 2. The second kappa shape index (κ2) is 7.25. The van der Waals surface area contributed by atoms with Gasteiger partial charge in [-0.1, -0.05) is 12.8 Å². The van der Waals surface area contributed by atoms with Crippen molar-refractivity contribution in [2.75, 3.05) is 26.3 Å². The van der Waals surface area contributed by atoms with E-state index in [1.165, 1.54) is 32.1 Å². The van der Waals surface area contributed by atoms with Gasteiger partial charge in [0.15, 0.2) is 0 Å². The largest absolute Gasteiger partial charge is 0.382 e. The zero-order valence-electron chi connectivity index (χ0n) is 12.2. The molecule has 0 aromatic heterocycles. The molecule has 1 saturated heterocycles. The molecule has 1 amide bonds. The predicted molar refractivity (Wildman–Crippen MR) is 76.0 cm³/mol. The molecular formula is C15H28N2O2. The van der Waals surface area contributed by atoms with E-state index in [1.807, 2.05) is 6.92 Å². The zero-order valence-corrected chi connectivity index (χ0v) is 12.2. The molecule has 1 atom stereocenters. The van der Waals surface area contributed by atoms with Crippen LogP contribution in [0.25, 0.3) is 0 Å². The molecule has 2 fully saturated rings. The average Bonchev–Trinajstić information content (AvgIpc) is 2.41. The molecule has 1 heterocycles. The lowest BCUT2D eigenvalue weighted by molar-refractivity contribution is -0.124. The van der Waals surface area contributed by atoms with Gasteiger partial charge in [-0.3, -0.25) is 4.79 Å². The molecule has 0 spiro atoms. The van der Waals surface area contributed by atoms with Crippen LogP contribution >= 0.6 is 0 Å². The van der Waals surface area contributed by atoms with Gasteiger partial charge in [-0.2, -0.15) is 0 Å². The van der Waals surface area contributed by atoms with E-state index in [-0.39, 0.29) is 11.9 Å². The smallest absolute Gasteiger partial charge is 0.237 e. The monoisotopic (exact) mass is 268 g/mol. The van der Waals surface area contributed by atoms with E-state index < -0.39 is 0 Å². The van der Waals surface area contributed by atoms with Crippen LogP contribution in [0.1, 0.15) is 51.9 Å². The molecule has 2 aliphatic rings. The first-order valence-corrected chi connectivity index (χ1v) is 7.85. The van der Waals surface area contributed by atoms with Crippen molar-refractivity contribution in [1.29, 1.82) is 0 Å². The molecule has 4 heteroatoms. The van der Waals surface area contributed by atoms with Crippen molar-refractivity contribution < 1.29 is 9.53 Å². The summed E-state index contributed by atoms with van der Waals surface area (Å²) in [6, 6.07) is 0.0396. The summed E-state index contributed by atoms with van der Waals surface area (Å²) in [4.78, 5) is 12.1. The lowest BCUT2D eigenvalue weighted by atomic mass is 9.66. The minimum absolute atomic E-state index is 0.0396. The summed E-state index contributed by atoms with van der Waals surface area (Å²) in [5.41, 5.74) is 0.319. The molecule has 1 saturated carbocycles. The van der Waals surface area contributed by atoms with E-state index in [9.17, 15) is 4.79 Å². The molecule has 2 rings (SSSR count). The highest BCUT2D eigenvalue weighted by molar-refractivity contribution is 5.81. The minimum Gasteiger partial charge on any atom is -0.382 e. The Kier molecular flexibility index (Phi) is 5.64. The van der Waals surface area contributed by atoms with Gasteiger partial charge in [0, 0.05) is 19.8 Å². The molecule has 1 unspecified atom stereocenters. The molecule has 19 heavy (non-hydrogen) atoms. The Bertz CT molecular complexity index is 284. The van der Waals surface area contributed by atoms with Crippen LogP contribution in [0.3, 0.4) is 0 Å². The van der Waals surface area contributed by atoms with Crippen molar-refractivity contribution in [1.82, 2.24) is 10.6 Å². The number of carbonyl (C=O) groups is 1. The van der Waals surface area contributed by atoms with Gasteiger partial charge in [0.2, 0.25) is 5.91 Å². The molecule has 0 bridgehead atoms. The van der Waals surface area contributed by atoms with Crippen molar-refractivity contribution in [3.63, 3.8) is 0 Å². The average molecular weight is 268 g/mol. The lowest BCUT2D eigenvalue weighted by Crippen LogP contribution is -2.50. The Morgan fingerprint density at radius 2 is 2.21 bits per heavy atom. The van der Waals surface area contributed by atoms with Crippen molar-refractivity contribution in [2.24, 2.45) is 5.41 Å². The quantitative estimate of drug-likeness (QED) is 0.693. The Morgan fingerprint density at radius 3 is 2.79 bits per heavy atom. The van der Waals surface area contributed by atoms with Crippen LogP contribution in [-0.2, 0) is 9.53 Å². The van der Waals surface area contributed by atoms with Gasteiger partial charge in [0.05, 0.1) is 6.04 Å². The highest BCUT2D eigenvalue weighted by Gasteiger charge is 2.37. The Balaban J connectivity index is 1.71. The van der Waals surface area contributed by atoms with Gasteiger partial charge in [-0.05, 0) is 51.0 Å². The summed E-state index contributed by atoms with van der Waals surface area (Å²) in [5.74, 6) is 0.197. The number of piperidine rings is 1. The summed E-state index contributed by atoms with van der Waals surface area (Å²) in [6.07, 6.45) is 8.19. The normalized spacial score (nSPS) is 25.6. The highest BCUT2D eigenvalue weighted by atomic mass is 16.5. The lowest BCUT2D eigenvalue weighted by Gasteiger charge is -2.42. The summed E-state index contributed by atoms with van der Waals surface area (Å²) in [6.45, 7) is 5.46. The molecule has 0 radical (unpaired) electrons. The summed E-state index contributed by atoms with van der Waals surface area (Å²) in [7, 11) is 0. The van der Waals surface area contributed by atoms with Crippen LogP contribution in [0.4, 0.5) is 0 Å². The molecule has 4 nitrogen and oxygen atoms in total. The number of ether oxygens (including phenoxy) is 1. The standard InChI is InChI=1S/C15H28N2O2/c1-2-19-11-9-15(7-5-8-15)12-17-14(18)13-6-3-4-10-16-13/h13,16H,2-12H2,1H3,(H,17,18). The fourth-order valence-electron chi connectivity index (χ4n) is 3.10. The summed E-state index contributed by atoms with van der Waals surface area (Å²) < 4.78 is 5.46. The van der Waals surface area contributed by atoms with Gasteiger partial charge in [0.25, 0.3) is 0 Å². The van der Waals surface area contributed by atoms with Crippen LogP contribution in [0.5, 0.6) is 0 Å². The van der Waals surface area contributed by atoms with Gasteiger partial charge >= 0.3 is 0 Å². The number of hydrogen-bond acceptors (Lipinski definition) is 3. The molecule has 0 aromatic carbocycles. The maximum absolute atomic E-state index is 12.1. The molecule has 1 aliphatic heterocycles. The van der Waals surface area contributed by atoms with E-state index in [4.69, 9.17) is 4.74 Å². The van der Waals surface area contributed by atoms with Crippen molar-refractivity contribution in [2.45, 2.75) is 57.9 Å². The van der Waals surface area contributed by atoms with Crippen molar-refractivity contribution in [3.05, 3.63) is 0 Å². The van der Waals surface area contributed by atoms with Gasteiger partial charge in [-0.15, -0.1) is 0 Å². The first-order chi connectivity index (χ1) is 9.26. The first-order valence-electron chi connectivity index (χ1n) is 7.85. The van der Waals surface area contributed by atoms with Gasteiger partial charge < -0.3 is 15.4 Å². The van der Waals surface area contributed by atoms with Gasteiger partial charge in [-0.25, -0.2) is 0 Å². The summed E-state index contributed by atoms with van der Waals surface area (Å²) in [5, 5.41) is 6.47. The first kappa shape index (κ1) is 14.8. The maximum atomic E-state index is 12.1. The van der Waals surface area contributed by atoms with Crippen LogP contribution < -0.4 is 10.6 Å². The minimum atomic E-state index is 0.0396. The number of carbonyl (C=O) groups excluding carboxylic acids is 1. The number of hydrogen-bond donors (Lipinski definition) is 2. The molecule has 2 N–H and O–H groups in total. The number of rotatable bonds is 7. The number of amides is 1. The Morgan fingerprint density at radius 1 is 1.37 bits per heavy atom. The van der Waals surface area contributed by atoms with Crippen LogP contribution in [-0.4, -0.2) is 38.3 Å². The van der Waals surface area contributed by atoms with Crippen molar-refractivity contribution >= 4 is 5.91 Å². The highest BCUT2D eigenvalue weighted by Crippen LogP contribution is 2.43. The van der Waals surface area contributed by atoms with E-state index in [0.717, 1.165) is 39.1 Å². The Labute approximate surface area is 116 Å². The third kappa shape index (κ3) is 4.18. The fourth-order valence-corrected chi connectivity index (χ4v) is 3.10. The molecule has 0 aromatic rings. The molecular weight excluding hydrogens is 240 g/mol. The zero-order chi connectivity index (χ0) is 13.6. The van der Waals surface area contributed by atoms with Gasteiger partial charge in [0.1, 0.15) is 0 Å². The molecule has 1 aliphatic carbocycles. The fraction of sp³-hybridized carbons (Fsp3) is 0.933. The van der Waals surface area contributed by atoms with E-state index >= 15 is 0 Å². The topological polar surface area (TPSA) is 50.4 Å². The predicted octanol–water partition coefficient (Wildman–Crippen LogP) is 1.84. The van der Waals surface area contributed by atoms with Crippen molar-refractivity contribution in [3.8, 4) is 0 Å². The Hall–Kier alpha value is -0.610. The second-order valence-corrected chi connectivity index (χ2v) is 6.02. The van der Waals surface area contributed by atoms with Crippen LogP contribution in [0, 0.1) is 5.41 Å². The summed E-state index contributed by atoms with van der Waals surface area (Å²) >= 11 is 0. The van der Waals surface area contributed by atoms with Crippen LogP contribution in [0.2, 0.25) is 0 Å². The third-order valence-electron chi connectivity index (χ3n) is 4.66. The van der Waals surface area contributed by atoms with E-state index in [2.05, 4.69) is 10.6 Å². The SMILES string of the molecule is CCOCCC1(CNC(=O)C2CCCCN2)CCC1. The molecule has 110 valence electrons. The second-order valence-electron chi connectivity index (χ2n) is 6.02.